The van der Waals surface area contributed by atoms with Gasteiger partial charge >= 0.3 is 0 Å². The number of hydrogen-bond acceptors (Lipinski definition) is 3. The number of rotatable bonds is 6. The molecule has 4 heteroatoms. The van der Waals surface area contributed by atoms with Gasteiger partial charge in [-0.05, 0) is 50.8 Å². The molecule has 0 saturated carbocycles. The molecule has 1 fully saturated rings. The fourth-order valence-corrected chi connectivity index (χ4v) is 3.45. The molecule has 0 spiro atoms. The average Bonchev–Trinajstić information content (AvgIpc) is 2.89. The van der Waals surface area contributed by atoms with Gasteiger partial charge in [-0.2, -0.15) is 11.8 Å². The second-order valence-corrected chi connectivity index (χ2v) is 6.48. The molecule has 0 aliphatic carbocycles. The summed E-state index contributed by atoms with van der Waals surface area (Å²) in [6, 6.07) is 0.580. The summed E-state index contributed by atoms with van der Waals surface area (Å²) in [5, 5.41) is 3.43. The van der Waals surface area contributed by atoms with E-state index in [4.69, 9.17) is 0 Å². The molecule has 102 valence electrons. The summed E-state index contributed by atoms with van der Waals surface area (Å²) in [5.74, 6) is 3.18. The summed E-state index contributed by atoms with van der Waals surface area (Å²) in [4.78, 5) is 4.38. The zero-order valence-corrected chi connectivity index (χ0v) is 12.4. The lowest BCUT2D eigenvalue weighted by molar-refractivity contribution is 0.420. The number of hydrogen-bond donors (Lipinski definition) is 1. The highest BCUT2D eigenvalue weighted by atomic mass is 32.2. The van der Waals surface area contributed by atoms with Crippen LogP contribution in [0.2, 0.25) is 0 Å². The van der Waals surface area contributed by atoms with Crippen LogP contribution < -0.4 is 5.32 Å². The molecule has 1 unspecified atom stereocenters. The van der Waals surface area contributed by atoms with Gasteiger partial charge in [-0.3, -0.25) is 0 Å². The maximum absolute atomic E-state index is 4.38. The zero-order valence-electron chi connectivity index (χ0n) is 11.6. The van der Waals surface area contributed by atoms with E-state index in [0.717, 1.165) is 13.1 Å². The predicted octanol–water partition coefficient (Wildman–Crippen LogP) is 3.05. The van der Waals surface area contributed by atoms with Gasteiger partial charge in [-0.1, -0.05) is 6.92 Å². The number of aromatic nitrogens is 2. The van der Waals surface area contributed by atoms with Crippen LogP contribution in [0.15, 0.2) is 12.5 Å². The maximum atomic E-state index is 4.38. The molecule has 0 amide bonds. The van der Waals surface area contributed by atoms with Crippen LogP contribution in [0.4, 0.5) is 0 Å². The van der Waals surface area contributed by atoms with Crippen LogP contribution in [-0.2, 0) is 0 Å². The lowest BCUT2D eigenvalue weighted by atomic mass is 9.94. The SMILES string of the molecule is CCSCCC(C)n1cncc1C1CCNCC1. The van der Waals surface area contributed by atoms with Crippen molar-refractivity contribution in [3.05, 3.63) is 18.2 Å². The van der Waals surface area contributed by atoms with Gasteiger partial charge in [0.1, 0.15) is 0 Å². The van der Waals surface area contributed by atoms with E-state index in [0.29, 0.717) is 12.0 Å². The van der Waals surface area contributed by atoms with Crippen molar-refractivity contribution in [2.45, 2.75) is 45.1 Å². The van der Waals surface area contributed by atoms with Crippen molar-refractivity contribution < 1.29 is 0 Å². The molecule has 0 aromatic carbocycles. The number of thioether (sulfide) groups is 1. The standard InChI is InChI=1S/C14H25N3S/c1-3-18-9-6-12(2)17-11-16-10-14(17)13-4-7-15-8-5-13/h10-13,15H,3-9H2,1-2H3. The Labute approximate surface area is 115 Å². The third kappa shape index (κ3) is 3.51. The first-order chi connectivity index (χ1) is 8.83. The largest absolute Gasteiger partial charge is 0.332 e. The molecule has 1 saturated heterocycles. The Balaban J connectivity index is 1.97. The van der Waals surface area contributed by atoms with Crippen molar-refractivity contribution in [1.82, 2.24) is 14.9 Å². The molecule has 1 aromatic rings. The lowest BCUT2D eigenvalue weighted by Crippen LogP contribution is -2.28. The van der Waals surface area contributed by atoms with E-state index in [2.05, 4.69) is 34.9 Å². The summed E-state index contributed by atoms with van der Waals surface area (Å²) >= 11 is 2.03. The van der Waals surface area contributed by atoms with Gasteiger partial charge in [0.2, 0.25) is 0 Å². The van der Waals surface area contributed by atoms with Crippen LogP contribution in [0.25, 0.3) is 0 Å². The molecule has 1 atom stereocenters. The highest BCUT2D eigenvalue weighted by molar-refractivity contribution is 7.99. The van der Waals surface area contributed by atoms with Crippen LogP contribution in [0.1, 0.15) is 50.8 Å². The Morgan fingerprint density at radius 2 is 2.28 bits per heavy atom. The Morgan fingerprint density at radius 3 is 3.00 bits per heavy atom. The topological polar surface area (TPSA) is 29.9 Å². The molecule has 0 bridgehead atoms. The van der Waals surface area contributed by atoms with Gasteiger partial charge in [-0.15, -0.1) is 0 Å². The van der Waals surface area contributed by atoms with E-state index in [1.165, 1.54) is 36.5 Å². The van der Waals surface area contributed by atoms with Gasteiger partial charge in [0.25, 0.3) is 0 Å². The molecule has 2 rings (SSSR count). The fourth-order valence-electron chi connectivity index (χ4n) is 2.65. The second kappa shape index (κ2) is 7.19. The molecule has 1 aliphatic rings. The Bertz CT molecular complexity index is 345. The predicted molar refractivity (Wildman–Crippen MR) is 79.4 cm³/mol. The minimum Gasteiger partial charge on any atom is -0.332 e. The summed E-state index contributed by atoms with van der Waals surface area (Å²) < 4.78 is 2.41. The van der Waals surface area contributed by atoms with E-state index < -0.39 is 0 Å². The van der Waals surface area contributed by atoms with Crippen molar-refractivity contribution in [1.29, 1.82) is 0 Å². The Morgan fingerprint density at radius 1 is 1.50 bits per heavy atom. The first-order valence-corrected chi connectivity index (χ1v) is 8.28. The van der Waals surface area contributed by atoms with Gasteiger partial charge in [0.15, 0.2) is 0 Å². The van der Waals surface area contributed by atoms with E-state index in [9.17, 15) is 0 Å². The molecular weight excluding hydrogens is 242 g/mol. The van der Waals surface area contributed by atoms with E-state index in [1.807, 2.05) is 18.1 Å². The maximum Gasteiger partial charge on any atom is 0.0950 e. The average molecular weight is 267 g/mol. The first-order valence-electron chi connectivity index (χ1n) is 7.13. The van der Waals surface area contributed by atoms with E-state index in [1.54, 1.807) is 0 Å². The first kappa shape index (κ1) is 13.9. The van der Waals surface area contributed by atoms with E-state index in [-0.39, 0.29) is 0 Å². The molecule has 1 aromatic heterocycles. The Hall–Kier alpha value is -0.480. The molecule has 1 N–H and O–H groups in total. The van der Waals surface area contributed by atoms with Crippen LogP contribution in [0, 0.1) is 0 Å². The van der Waals surface area contributed by atoms with Crippen LogP contribution in [0.5, 0.6) is 0 Å². The van der Waals surface area contributed by atoms with Gasteiger partial charge < -0.3 is 9.88 Å². The molecular formula is C14H25N3S. The zero-order chi connectivity index (χ0) is 12.8. The molecule has 3 nitrogen and oxygen atoms in total. The van der Waals surface area contributed by atoms with Gasteiger partial charge in [0.05, 0.1) is 6.33 Å². The number of imidazole rings is 1. The number of nitrogens with zero attached hydrogens (tertiary/aromatic N) is 2. The third-order valence-electron chi connectivity index (χ3n) is 3.81. The summed E-state index contributed by atoms with van der Waals surface area (Å²) in [5.41, 5.74) is 1.45. The van der Waals surface area contributed by atoms with Crippen molar-refractivity contribution >= 4 is 11.8 Å². The molecule has 18 heavy (non-hydrogen) atoms. The Kier molecular flexibility index (Phi) is 5.57. The molecule has 0 radical (unpaired) electrons. The summed E-state index contributed by atoms with van der Waals surface area (Å²) in [6.45, 7) is 6.85. The fraction of sp³-hybridized carbons (Fsp3) is 0.786. The normalized spacial score (nSPS) is 19.0. The van der Waals surface area contributed by atoms with Crippen molar-refractivity contribution in [2.24, 2.45) is 0 Å². The number of piperidine rings is 1. The minimum absolute atomic E-state index is 0.580. The highest BCUT2D eigenvalue weighted by Gasteiger charge is 2.20. The lowest BCUT2D eigenvalue weighted by Gasteiger charge is -2.26. The summed E-state index contributed by atoms with van der Waals surface area (Å²) in [6.07, 6.45) is 7.86. The minimum atomic E-state index is 0.580. The second-order valence-electron chi connectivity index (χ2n) is 5.08. The molecule has 1 aliphatic heterocycles. The highest BCUT2D eigenvalue weighted by Crippen LogP contribution is 2.28. The van der Waals surface area contributed by atoms with Crippen LogP contribution in [-0.4, -0.2) is 34.1 Å². The van der Waals surface area contributed by atoms with Gasteiger partial charge in [-0.25, -0.2) is 4.98 Å². The van der Waals surface area contributed by atoms with Crippen LogP contribution in [0.3, 0.4) is 0 Å². The van der Waals surface area contributed by atoms with Crippen molar-refractivity contribution in [2.75, 3.05) is 24.6 Å². The van der Waals surface area contributed by atoms with Gasteiger partial charge in [0, 0.05) is 23.9 Å². The van der Waals surface area contributed by atoms with E-state index >= 15 is 0 Å². The third-order valence-corrected chi connectivity index (χ3v) is 4.75. The quantitative estimate of drug-likeness (QED) is 0.803. The summed E-state index contributed by atoms with van der Waals surface area (Å²) in [7, 11) is 0. The van der Waals surface area contributed by atoms with Crippen LogP contribution >= 0.6 is 11.8 Å². The van der Waals surface area contributed by atoms with Crippen molar-refractivity contribution in [3.63, 3.8) is 0 Å². The molecule has 2 heterocycles. The monoisotopic (exact) mass is 267 g/mol. The van der Waals surface area contributed by atoms with Crippen molar-refractivity contribution in [3.8, 4) is 0 Å². The number of nitrogens with one attached hydrogen (secondary N) is 1. The smallest absolute Gasteiger partial charge is 0.0950 e.